The van der Waals surface area contributed by atoms with Gasteiger partial charge in [-0.1, -0.05) is 72.8 Å². The lowest BCUT2D eigenvalue weighted by molar-refractivity contribution is -0.935. The fourth-order valence-corrected chi connectivity index (χ4v) is 6.06. The summed E-state index contributed by atoms with van der Waals surface area (Å²) < 4.78 is 44.8. The molecule has 0 aliphatic carbocycles. The van der Waals surface area contributed by atoms with E-state index in [0.29, 0.717) is 32.8 Å². The minimum Gasteiger partial charge on any atom is -0.464 e. The molecule has 1 aliphatic heterocycles. The number of anilines is 1. The molecular weight excluding hydrogens is 553 g/mol. The number of hydrogen-bond acceptors (Lipinski definition) is 3. The van der Waals surface area contributed by atoms with Gasteiger partial charge in [-0.05, 0) is 52.9 Å². The maximum atomic E-state index is 13.2. The van der Waals surface area contributed by atoms with Gasteiger partial charge in [0.05, 0.1) is 32.8 Å². The Bertz CT molecular complexity index is 1560. The number of quaternary nitrogens is 1. The van der Waals surface area contributed by atoms with Gasteiger partial charge in [-0.3, -0.25) is 4.79 Å². The number of ether oxygens (including phenoxy) is 1. The monoisotopic (exact) mass is 587 g/mol. The van der Waals surface area contributed by atoms with E-state index in [2.05, 4.69) is 12.4 Å². The van der Waals surface area contributed by atoms with Crippen LogP contribution in [0.15, 0.2) is 103 Å². The third-order valence-electron chi connectivity index (χ3n) is 8.47. The molecule has 1 heterocycles. The first-order chi connectivity index (χ1) is 20.6. The molecule has 0 bridgehead atoms. The van der Waals surface area contributed by atoms with E-state index in [-0.39, 0.29) is 17.9 Å². The number of alkyl halides is 3. The molecule has 0 radical (unpaired) electrons. The highest BCUT2D eigenvalue weighted by Crippen LogP contribution is 2.38. The zero-order chi connectivity index (χ0) is 30.6. The van der Waals surface area contributed by atoms with Gasteiger partial charge in [-0.25, -0.2) is 4.79 Å². The normalized spacial score (nSPS) is 19.3. The maximum Gasteiger partial charge on any atom is 0.416 e. The van der Waals surface area contributed by atoms with Gasteiger partial charge in [0.1, 0.15) is 0 Å². The predicted octanol–water partition coefficient (Wildman–Crippen LogP) is 7.86. The second-order valence-electron chi connectivity index (χ2n) is 11.2. The number of carbonyl (C=O) groups is 2. The Labute approximate surface area is 249 Å². The van der Waals surface area contributed by atoms with Crippen LogP contribution >= 0.6 is 0 Å². The van der Waals surface area contributed by atoms with Crippen molar-refractivity contribution in [1.82, 2.24) is 0 Å². The summed E-state index contributed by atoms with van der Waals surface area (Å²) in [4.78, 5) is 26.1. The number of rotatable bonds is 7. The van der Waals surface area contributed by atoms with Crippen LogP contribution in [-0.4, -0.2) is 43.6 Å². The van der Waals surface area contributed by atoms with Crippen LogP contribution in [0.2, 0.25) is 0 Å². The van der Waals surface area contributed by atoms with Crippen molar-refractivity contribution in [1.29, 1.82) is 0 Å². The lowest BCUT2D eigenvalue weighted by atomic mass is 9.86. The number of nitrogens with zero attached hydrogens (tertiary/aromatic N) is 1. The summed E-state index contributed by atoms with van der Waals surface area (Å²) in [5, 5.41) is 2.93. The Kier molecular flexibility index (Phi) is 8.69. The van der Waals surface area contributed by atoms with Gasteiger partial charge in [0.15, 0.2) is 0 Å². The van der Waals surface area contributed by atoms with Gasteiger partial charge in [0.25, 0.3) is 5.91 Å². The third-order valence-corrected chi connectivity index (χ3v) is 8.47. The highest BCUT2D eigenvalue weighted by molar-refractivity contribution is 6.08. The largest absolute Gasteiger partial charge is 0.464 e. The van der Waals surface area contributed by atoms with E-state index in [1.807, 2.05) is 54.6 Å². The van der Waals surface area contributed by atoms with Crippen LogP contribution in [-0.2, 0) is 15.7 Å². The molecule has 0 spiro atoms. The van der Waals surface area contributed by atoms with Crippen LogP contribution in [0.5, 0.6) is 0 Å². The average molecular weight is 588 g/mol. The summed E-state index contributed by atoms with van der Waals surface area (Å²) >= 11 is 0. The SMILES string of the molecule is COC(=O)C(c1ccccc1)[N+]1(C)CCC(c2ccc(NC(=O)c3ccccc3-c3ccc(C(F)(F)F)cc3)cc2)CC1. The number of carbonyl (C=O) groups excluding carboxylic acids is 2. The molecule has 43 heavy (non-hydrogen) atoms. The predicted molar refractivity (Wildman–Crippen MR) is 160 cm³/mol. The number of esters is 1. The molecule has 4 aromatic carbocycles. The molecule has 1 N–H and O–H groups in total. The topological polar surface area (TPSA) is 55.4 Å². The smallest absolute Gasteiger partial charge is 0.416 e. The van der Waals surface area contributed by atoms with Crippen LogP contribution in [0.3, 0.4) is 0 Å². The Hall–Kier alpha value is -4.43. The van der Waals surface area contributed by atoms with E-state index in [4.69, 9.17) is 4.74 Å². The second-order valence-corrected chi connectivity index (χ2v) is 11.2. The zero-order valence-corrected chi connectivity index (χ0v) is 24.1. The molecule has 1 amide bonds. The average Bonchev–Trinajstić information content (AvgIpc) is 3.02. The summed E-state index contributed by atoms with van der Waals surface area (Å²) in [6, 6.07) is 28.8. The molecule has 0 aromatic heterocycles. The van der Waals surface area contributed by atoms with Crippen LogP contribution in [0.1, 0.15) is 51.8 Å². The zero-order valence-electron chi connectivity index (χ0n) is 24.1. The summed E-state index contributed by atoms with van der Waals surface area (Å²) in [5.74, 6) is -0.249. The van der Waals surface area contributed by atoms with Crippen molar-refractivity contribution in [2.75, 3.05) is 32.6 Å². The van der Waals surface area contributed by atoms with E-state index < -0.39 is 11.7 Å². The number of nitrogens with one attached hydrogen (secondary N) is 1. The molecule has 1 fully saturated rings. The lowest BCUT2D eigenvalue weighted by Crippen LogP contribution is -2.54. The van der Waals surface area contributed by atoms with Crippen molar-refractivity contribution in [2.24, 2.45) is 0 Å². The van der Waals surface area contributed by atoms with E-state index in [1.54, 1.807) is 24.3 Å². The summed E-state index contributed by atoms with van der Waals surface area (Å²) in [6.07, 6.45) is -2.61. The first kappa shape index (κ1) is 30.0. The van der Waals surface area contributed by atoms with Gasteiger partial charge in [-0.15, -0.1) is 0 Å². The van der Waals surface area contributed by atoms with E-state index >= 15 is 0 Å². The number of hydrogen-bond donors (Lipinski definition) is 1. The number of likely N-dealkylation sites (tertiary alicyclic amines) is 1. The Balaban J connectivity index is 1.25. The van der Waals surface area contributed by atoms with Gasteiger partial charge >= 0.3 is 12.1 Å². The first-order valence-electron chi connectivity index (χ1n) is 14.2. The van der Waals surface area contributed by atoms with Crippen LogP contribution in [0, 0.1) is 0 Å². The molecule has 1 aliphatic rings. The molecule has 0 saturated carbocycles. The number of piperidine rings is 1. The van der Waals surface area contributed by atoms with Gasteiger partial charge in [-0.2, -0.15) is 13.2 Å². The second kappa shape index (κ2) is 12.4. The standard InChI is InChI=1S/C35H33F3N2O3/c1-40(32(34(42)43-2)27-8-4-3-5-9-27)22-20-25(21-23-40)24-14-18-29(19-15-24)39-33(41)31-11-7-6-10-30(31)26-12-16-28(17-13-26)35(36,37)38/h3-19,25,32H,20-23H2,1-2H3/p+1. The molecule has 1 atom stereocenters. The number of likely N-dealkylation sites (N-methyl/N-ethyl adjacent to an activating group) is 1. The van der Waals surface area contributed by atoms with Crippen LogP contribution < -0.4 is 5.32 Å². The Morgan fingerprint density at radius 1 is 0.837 bits per heavy atom. The Morgan fingerprint density at radius 3 is 2.05 bits per heavy atom. The first-order valence-corrected chi connectivity index (χ1v) is 14.2. The molecule has 222 valence electrons. The molecule has 5 nitrogen and oxygen atoms in total. The fourth-order valence-electron chi connectivity index (χ4n) is 6.06. The summed E-state index contributed by atoms with van der Waals surface area (Å²) in [7, 11) is 3.55. The lowest BCUT2D eigenvalue weighted by Gasteiger charge is -2.44. The Morgan fingerprint density at radius 2 is 1.44 bits per heavy atom. The minimum atomic E-state index is -4.42. The van der Waals surface area contributed by atoms with Crippen LogP contribution in [0.25, 0.3) is 11.1 Å². The molecule has 1 saturated heterocycles. The summed E-state index contributed by atoms with van der Waals surface area (Å²) in [6.45, 7) is 1.64. The van der Waals surface area contributed by atoms with Gasteiger partial charge < -0.3 is 14.5 Å². The van der Waals surface area contributed by atoms with Gasteiger partial charge in [0.2, 0.25) is 6.04 Å². The molecule has 8 heteroatoms. The van der Waals surface area contributed by atoms with Crippen molar-refractivity contribution in [3.63, 3.8) is 0 Å². The van der Waals surface area contributed by atoms with Crippen molar-refractivity contribution in [3.8, 4) is 11.1 Å². The van der Waals surface area contributed by atoms with Crippen molar-refractivity contribution in [3.05, 3.63) is 125 Å². The maximum absolute atomic E-state index is 13.2. The van der Waals surface area contributed by atoms with E-state index in [0.717, 1.165) is 43.6 Å². The quantitative estimate of drug-likeness (QED) is 0.177. The third kappa shape index (κ3) is 6.65. The highest BCUT2D eigenvalue weighted by Gasteiger charge is 2.43. The molecular formula is C35H34F3N2O3+. The molecule has 5 rings (SSSR count). The van der Waals surface area contributed by atoms with E-state index in [1.165, 1.54) is 24.8 Å². The number of benzene rings is 4. The summed E-state index contributed by atoms with van der Waals surface area (Å²) in [5.41, 5.74) is 3.46. The van der Waals surface area contributed by atoms with E-state index in [9.17, 15) is 22.8 Å². The van der Waals surface area contributed by atoms with Crippen molar-refractivity contribution < 1.29 is 32.0 Å². The van der Waals surface area contributed by atoms with Gasteiger partial charge in [0, 0.05) is 29.7 Å². The number of amides is 1. The van der Waals surface area contributed by atoms with Crippen molar-refractivity contribution >= 4 is 17.6 Å². The minimum absolute atomic E-state index is 0.230. The number of halogens is 3. The molecule has 1 unspecified atom stereocenters. The highest BCUT2D eigenvalue weighted by atomic mass is 19.4. The van der Waals surface area contributed by atoms with Crippen molar-refractivity contribution in [2.45, 2.75) is 31.0 Å². The fraction of sp³-hybridized carbons (Fsp3) is 0.257. The van der Waals surface area contributed by atoms with Crippen LogP contribution in [0.4, 0.5) is 18.9 Å². The molecule has 4 aromatic rings. The number of methoxy groups -OCH3 is 1.